The van der Waals surface area contributed by atoms with Gasteiger partial charge in [-0.05, 0) is 36.2 Å². The van der Waals surface area contributed by atoms with Crippen molar-refractivity contribution in [3.8, 4) is 11.5 Å². The van der Waals surface area contributed by atoms with E-state index in [9.17, 15) is 9.90 Å². The van der Waals surface area contributed by atoms with Crippen LogP contribution in [0.1, 0.15) is 29.3 Å². The van der Waals surface area contributed by atoms with Crippen molar-refractivity contribution in [3.63, 3.8) is 0 Å². The number of nitrogens with one attached hydrogen (secondary N) is 1. The minimum absolute atomic E-state index is 0.117. The molecule has 0 radical (unpaired) electrons. The van der Waals surface area contributed by atoms with Crippen molar-refractivity contribution in [1.29, 1.82) is 0 Å². The minimum Gasteiger partial charge on any atom is -0.507 e. The number of aromatic hydroxyl groups is 1. The lowest BCUT2D eigenvalue weighted by atomic mass is 10.2. The third kappa shape index (κ3) is 4.63. The molecule has 7 heteroatoms. The Bertz CT molecular complexity index is 740. The Morgan fingerprint density at radius 3 is 2.58 bits per heavy atom. The number of nitrogens with zero attached hydrogens (tertiary/aromatic N) is 1. The van der Waals surface area contributed by atoms with Crippen LogP contribution in [0.15, 0.2) is 41.5 Å². The van der Waals surface area contributed by atoms with Gasteiger partial charge in [-0.1, -0.05) is 42.3 Å². The van der Waals surface area contributed by atoms with E-state index in [2.05, 4.69) is 10.5 Å². The second kappa shape index (κ2) is 8.57. The van der Waals surface area contributed by atoms with Crippen molar-refractivity contribution in [2.45, 2.75) is 13.3 Å². The first-order valence-electron chi connectivity index (χ1n) is 7.26. The van der Waals surface area contributed by atoms with E-state index in [1.165, 1.54) is 18.3 Å². The molecular weight excluding hydrogens is 351 g/mol. The maximum absolute atomic E-state index is 11.9. The SMILES string of the molecule is CCCOc1c(Cl)cc(/C=N\NC(=O)c2ccccc2O)cc1Cl. The molecule has 24 heavy (non-hydrogen) atoms. The lowest BCUT2D eigenvalue weighted by Crippen LogP contribution is -2.17. The number of halogens is 2. The first-order valence-corrected chi connectivity index (χ1v) is 8.01. The van der Waals surface area contributed by atoms with Crippen LogP contribution in [0.3, 0.4) is 0 Å². The summed E-state index contributed by atoms with van der Waals surface area (Å²) in [5.74, 6) is -0.214. The summed E-state index contributed by atoms with van der Waals surface area (Å²) in [5, 5.41) is 14.2. The quantitative estimate of drug-likeness (QED) is 0.592. The average Bonchev–Trinajstić information content (AvgIpc) is 2.54. The van der Waals surface area contributed by atoms with E-state index < -0.39 is 5.91 Å². The zero-order valence-corrected chi connectivity index (χ0v) is 14.4. The standard InChI is InChI=1S/C17H16Cl2N2O3/c1-2-7-24-16-13(18)8-11(9-14(16)19)10-20-21-17(23)12-5-3-4-6-15(12)22/h3-6,8-10,22H,2,7H2,1H3,(H,21,23)/b20-10-. The summed E-state index contributed by atoms with van der Waals surface area (Å²) in [6.07, 6.45) is 2.24. The highest BCUT2D eigenvalue weighted by atomic mass is 35.5. The van der Waals surface area contributed by atoms with Gasteiger partial charge in [-0.25, -0.2) is 5.43 Å². The molecule has 2 aromatic rings. The number of hydrogen-bond donors (Lipinski definition) is 2. The molecule has 0 unspecified atom stereocenters. The topological polar surface area (TPSA) is 70.9 Å². The molecule has 0 aliphatic carbocycles. The normalized spacial score (nSPS) is 10.8. The fourth-order valence-electron chi connectivity index (χ4n) is 1.89. The number of benzene rings is 2. The third-order valence-electron chi connectivity index (χ3n) is 3.00. The molecule has 0 bridgehead atoms. The highest BCUT2D eigenvalue weighted by Crippen LogP contribution is 2.33. The molecule has 126 valence electrons. The largest absolute Gasteiger partial charge is 0.507 e. The van der Waals surface area contributed by atoms with E-state index in [1.54, 1.807) is 24.3 Å². The lowest BCUT2D eigenvalue weighted by molar-refractivity contribution is 0.0952. The van der Waals surface area contributed by atoms with Gasteiger partial charge >= 0.3 is 0 Å². The fourth-order valence-corrected chi connectivity index (χ4v) is 2.50. The molecule has 0 aliphatic heterocycles. The van der Waals surface area contributed by atoms with Gasteiger partial charge in [0, 0.05) is 0 Å². The first kappa shape index (κ1) is 18.1. The Morgan fingerprint density at radius 1 is 1.29 bits per heavy atom. The van der Waals surface area contributed by atoms with Crippen molar-refractivity contribution < 1.29 is 14.6 Å². The van der Waals surface area contributed by atoms with Gasteiger partial charge in [0.2, 0.25) is 0 Å². The van der Waals surface area contributed by atoms with Gasteiger partial charge in [0.25, 0.3) is 5.91 Å². The van der Waals surface area contributed by atoms with Crippen LogP contribution < -0.4 is 10.2 Å². The Balaban J connectivity index is 2.07. The molecule has 1 amide bonds. The van der Waals surface area contributed by atoms with Crippen LogP contribution in [0.5, 0.6) is 11.5 Å². The number of phenols is 1. The predicted octanol–water partition coefficient (Wildman–Crippen LogP) is 4.25. The summed E-state index contributed by atoms with van der Waals surface area (Å²) < 4.78 is 5.48. The number of para-hydroxylation sites is 1. The van der Waals surface area contributed by atoms with Crippen LogP contribution >= 0.6 is 23.2 Å². The molecule has 2 rings (SSSR count). The predicted molar refractivity (Wildman–Crippen MR) is 95.4 cm³/mol. The van der Waals surface area contributed by atoms with E-state index in [0.717, 1.165) is 6.42 Å². The molecule has 0 fully saturated rings. The maximum Gasteiger partial charge on any atom is 0.275 e. The fraction of sp³-hybridized carbons (Fsp3) is 0.176. The number of carbonyl (C=O) groups is 1. The monoisotopic (exact) mass is 366 g/mol. The number of rotatable bonds is 6. The van der Waals surface area contributed by atoms with Gasteiger partial charge in [-0.3, -0.25) is 4.79 Å². The van der Waals surface area contributed by atoms with Gasteiger partial charge in [0.1, 0.15) is 5.75 Å². The second-order valence-electron chi connectivity index (χ2n) is 4.88. The van der Waals surface area contributed by atoms with Crippen molar-refractivity contribution in [2.75, 3.05) is 6.61 Å². The van der Waals surface area contributed by atoms with Crippen LogP contribution in [0, 0.1) is 0 Å². The van der Waals surface area contributed by atoms with Crippen LogP contribution in [0.2, 0.25) is 10.0 Å². The molecule has 2 aromatic carbocycles. The molecule has 0 aliphatic rings. The van der Waals surface area contributed by atoms with Gasteiger partial charge < -0.3 is 9.84 Å². The van der Waals surface area contributed by atoms with Crippen LogP contribution in [-0.4, -0.2) is 23.8 Å². The summed E-state index contributed by atoms with van der Waals surface area (Å²) in [5.41, 5.74) is 3.07. The van der Waals surface area contributed by atoms with Gasteiger partial charge in [-0.2, -0.15) is 5.10 Å². The molecule has 5 nitrogen and oxygen atoms in total. The zero-order valence-electron chi connectivity index (χ0n) is 12.9. The summed E-state index contributed by atoms with van der Waals surface area (Å²) in [6.45, 7) is 2.50. The number of hydrogen-bond acceptors (Lipinski definition) is 4. The number of amides is 1. The van der Waals surface area contributed by atoms with Gasteiger partial charge in [-0.15, -0.1) is 0 Å². The summed E-state index contributed by atoms with van der Waals surface area (Å²) in [4.78, 5) is 11.9. The Kier molecular flexibility index (Phi) is 6.46. The number of carbonyl (C=O) groups excluding carboxylic acids is 1. The highest BCUT2D eigenvalue weighted by molar-refractivity contribution is 6.37. The third-order valence-corrected chi connectivity index (χ3v) is 3.56. The number of ether oxygens (including phenoxy) is 1. The van der Waals surface area contributed by atoms with E-state index in [4.69, 9.17) is 27.9 Å². The van der Waals surface area contributed by atoms with E-state index in [1.807, 2.05) is 6.92 Å². The van der Waals surface area contributed by atoms with Crippen molar-refractivity contribution >= 4 is 35.3 Å². The Labute approximate surface area is 149 Å². The zero-order chi connectivity index (χ0) is 17.5. The average molecular weight is 367 g/mol. The van der Waals surface area contributed by atoms with Crippen LogP contribution in [-0.2, 0) is 0 Å². The van der Waals surface area contributed by atoms with Gasteiger partial charge in [0.05, 0.1) is 28.4 Å². The molecule has 0 atom stereocenters. The molecule has 0 heterocycles. The van der Waals surface area contributed by atoms with E-state index >= 15 is 0 Å². The van der Waals surface area contributed by atoms with Crippen molar-refractivity contribution in [3.05, 3.63) is 57.6 Å². The summed E-state index contributed by atoms with van der Waals surface area (Å²) in [7, 11) is 0. The first-order chi connectivity index (χ1) is 11.5. The molecule has 0 saturated carbocycles. The molecule has 0 aromatic heterocycles. The van der Waals surface area contributed by atoms with Crippen LogP contribution in [0.4, 0.5) is 0 Å². The van der Waals surface area contributed by atoms with Crippen molar-refractivity contribution in [2.24, 2.45) is 5.10 Å². The minimum atomic E-state index is -0.524. The number of phenolic OH excluding ortho intramolecular Hbond substituents is 1. The summed E-state index contributed by atoms with van der Waals surface area (Å²) in [6, 6.07) is 9.46. The molecule has 0 saturated heterocycles. The van der Waals surface area contributed by atoms with Gasteiger partial charge in [0.15, 0.2) is 5.75 Å². The number of hydrazone groups is 1. The van der Waals surface area contributed by atoms with E-state index in [-0.39, 0.29) is 11.3 Å². The smallest absolute Gasteiger partial charge is 0.275 e. The molecule has 0 spiro atoms. The highest BCUT2D eigenvalue weighted by Gasteiger charge is 2.10. The summed E-state index contributed by atoms with van der Waals surface area (Å²) >= 11 is 12.3. The lowest BCUT2D eigenvalue weighted by Gasteiger charge is -2.09. The van der Waals surface area contributed by atoms with Crippen LogP contribution in [0.25, 0.3) is 0 Å². The molecule has 2 N–H and O–H groups in total. The second-order valence-corrected chi connectivity index (χ2v) is 5.69. The maximum atomic E-state index is 11.9. The Hall–Kier alpha value is -2.24. The van der Waals surface area contributed by atoms with Crippen molar-refractivity contribution in [1.82, 2.24) is 5.43 Å². The Morgan fingerprint density at radius 2 is 1.96 bits per heavy atom. The van der Waals surface area contributed by atoms with E-state index in [0.29, 0.717) is 28.0 Å². The molecular formula is C17H16Cl2N2O3.